The van der Waals surface area contributed by atoms with Crippen LogP contribution in [0.25, 0.3) is 10.9 Å². The van der Waals surface area contributed by atoms with Crippen molar-refractivity contribution < 1.29 is 14.0 Å². The van der Waals surface area contributed by atoms with Crippen molar-refractivity contribution in [3.05, 3.63) is 59.5 Å². The minimum absolute atomic E-state index is 0.0803. The number of carbonyl (C=O) groups is 2. The van der Waals surface area contributed by atoms with Crippen LogP contribution in [-0.2, 0) is 11.2 Å². The minimum atomic E-state index is -0.524. The molecule has 2 heterocycles. The number of nitrogens with two attached hydrogens (primary N) is 1. The monoisotopic (exact) mass is 395 g/mol. The number of nitrogens with one attached hydrogen (secondary N) is 1. The zero-order valence-electron chi connectivity index (χ0n) is 15.9. The number of hydrogen-bond acceptors (Lipinski definition) is 4. The molecule has 0 spiro atoms. The van der Waals surface area contributed by atoms with E-state index >= 15 is 0 Å². The molecule has 1 aromatic heterocycles. The van der Waals surface area contributed by atoms with E-state index in [2.05, 4.69) is 15.1 Å². The van der Waals surface area contributed by atoms with Crippen LogP contribution in [0.4, 0.5) is 10.1 Å². The summed E-state index contributed by atoms with van der Waals surface area (Å²) in [5.41, 5.74) is 8.31. The quantitative estimate of drug-likeness (QED) is 0.691. The number of fused-ring (bicyclic) bond motifs is 1. The number of anilines is 1. The lowest BCUT2D eigenvalue weighted by molar-refractivity contribution is -0.131. The Kier molecular flexibility index (Phi) is 5.16. The van der Waals surface area contributed by atoms with E-state index in [1.54, 1.807) is 24.4 Å². The second-order valence-electron chi connectivity index (χ2n) is 7.19. The first-order valence-electron chi connectivity index (χ1n) is 9.55. The van der Waals surface area contributed by atoms with Crippen LogP contribution < -0.4 is 10.6 Å². The van der Waals surface area contributed by atoms with Gasteiger partial charge in [0.2, 0.25) is 5.91 Å². The van der Waals surface area contributed by atoms with Crippen molar-refractivity contribution in [1.82, 2.24) is 15.1 Å². The number of halogens is 1. The van der Waals surface area contributed by atoms with E-state index in [-0.39, 0.29) is 11.7 Å². The van der Waals surface area contributed by atoms with Gasteiger partial charge >= 0.3 is 0 Å². The Morgan fingerprint density at radius 3 is 2.52 bits per heavy atom. The predicted molar refractivity (Wildman–Crippen MR) is 108 cm³/mol. The van der Waals surface area contributed by atoms with Crippen LogP contribution in [0.1, 0.15) is 22.3 Å². The number of aromatic nitrogens is 2. The molecule has 4 rings (SSSR count). The molecule has 0 atom stereocenters. The van der Waals surface area contributed by atoms with Crippen LogP contribution in [0.3, 0.4) is 0 Å². The molecule has 1 aliphatic heterocycles. The van der Waals surface area contributed by atoms with Gasteiger partial charge in [0.1, 0.15) is 5.82 Å². The van der Waals surface area contributed by atoms with Crippen molar-refractivity contribution in [2.24, 2.45) is 5.73 Å². The average molecular weight is 395 g/mol. The van der Waals surface area contributed by atoms with Crippen molar-refractivity contribution in [2.75, 3.05) is 31.1 Å². The van der Waals surface area contributed by atoms with Gasteiger partial charge in [0.25, 0.3) is 5.91 Å². The van der Waals surface area contributed by atoms with E-state index in [1.165, 1.54) is 12.1 Å². The summed E-state index contributed by atoms with van der Waals surface area (Å²) in [7, 11) is 0. The Morgan fingerprint density at radius 1 is 1.10 bits per heavy atom. The van der Waals surface area contributed by atoms with E-state index in [1.807, 2.05) is 11.0 Å². The number of aryl methyl sites for hydroxylation is 1. The SMILES string of the molecule is NC(=O)c1cc(CCC(=O)N2CCN(c3ccc(F)cc3)CC2)cc2cn[nH]c12. The topological polar surface area (TPSA) is 95.3 Å². The number of hydrogen-bond donors (Lipinski definition) is 2. The maximum absolute atomic E-state index is 13.1. The molecule has 1 fully saturated rings. The molecule has 7 nitrogen and oxygen atoms in total. The number of H-pyrrole nitrogens is 1. The molecule has 0 bridgehead atoms. The van der Waals surface area contributed by atoms with E-state index in [9.17, 15) is 14.0 Å². The number of rotatable bonds is 5. The summed E-state index contributed by atoms with van der Waals surface area (Å²) in [6, 6.07) is 10.1. The highest BCUT2D eigenvalue weighted by molar-refractivity contribution is 6.04. The Hall–Kier alpha value is -3.42. The highest BCUT2D eigenvalue weighted by Gasteiger charge is 2.21. The van der Waals surface area contributed by atoms with Crippen molar-refractivity contribution in [1.29, 1.82) is 0 Å². The molecule has 1 saturated heterocycles. The number of primary amides is 1. The molecule has 1 aliphatic rings. The van der Waals surface area contributed by atoms with Crippen molar-refractivity contribution in [3.8, 4) is 0 Å². The number of amides is 2. The molecule has 8 heteroatoms. The fourth-order valence-corrected chi connectivity index (χ4v) is 3.73. The Balaban J connectivity index is 1.35. The largest absolute Gasteiger partial charge is 0.368 e. The molecular weight excluding hydrogens is 373 g/mol. The molecule has 29 heavy (non-hydrogen) atoms. The Morgan fingerprint density at radius 2 is 1.83 bits per heavy atom. The molecule has 3 aromatic rings. The molecule has 2 amide bonds. The number of benzene rings is 2. The van der Waals surface area contributed by atoms with Gasteiger partial charge in [-0.25, -0.2) is 4.39 Å². The van der Waals surface area contributed by atoms with Gasteiger partial charge in [-0.3, -0.25) is 14.7 Å². The van der Waals surface area contributed by atoms with Gasteiger partial charge in [0.15, 0.2) is 0 Å². The highest BCUT2D eigenvalue weighted by atomic mass is 19.1. The summed E-state index contributed by atoms with van der Waals surface area (Å²) in [5, 5.41) is 7.54. The summed E-state index contributed by atoms with van der Waals surface area (Å²) >= 11 is 0. The van der Waals surface area contributed by atoms with Crippen LogP contribution >= 0.6 is 0 Å². The van der Waals surface area contributed by atoms with Gasteiger partial charge in [-0.2, -0.15) is 5.10 Å². The summed E-state index contributed by atoms with van der Waals surface area (Å²) in [6.07, 6.45) is 2.53. The molecule has 0 unspecified atom stereocenters. The van der Waals surface area contributed by atoms with Gasteiger partial charge in [-0.1, -0.05) is 0 Å². The zero-order chi connectivity index (χ0) is 20.4. The van der Waals surface area contributed by atoms with Crippen LogP contribution in [-0.4, -0.2) is 53.1 Å². The van der Waals surface area contributed by atoms with Crippen molar-refractivity contribution >= 4 is 28.4 Å². The normalized spacial score (nSPS) is 14.4. The predicted octanol–water partition coefficient (Wildman–Crippen LogP) is 2.08. The minimum Gasteiger partial charge on any atom is -0.368 e. The van der Waals surface area contributed by atoms with Gasteiger partial charge < -0.3 is 15.5 Å². The molecule has 150 valence electrons. The van der Waals surface area contributed by atoms with Gasteiger partial charge in [0, 0.05) is 43.7 Å². The van der Waals surface area contributed by atoms with Gasteiger partial charge in [-0.05, 0) is 48.4 Å². The average Bonchev–Trinajstić information content (AvgIpc) is 3.20. The van der Waals surface area contributed by atoms with Crippen LogP contribution in [0.5, 0.6) is 0 Å². The van der Waals surface area contributed by atoms with E-state index in [4.69, 9.17) is 5.73 Å². The molecule has 0 saturated carbocycles. The lowest BCUT2D eigenvalue weighted by Gasteiger charge is -2.36. The van der Waals surface area contributed by atoms with Crippen molar-refractivity contribution in [2.45, 2.75) is 12.8 Å². The highest BCUT2D eigenvalue weighted by Crippen LogP contribution is 2.21. The first-order chi connectivity index (χ1) is 14.0. The summed E-state index contributed by atoms with van der Waals surface area (Å²) in [4.78, 5) is 28.3. The number of nitrogens with zero attached hydrogens (tertiary/aromatic N) is 3. The molecule has 0 aliphatic carbocycles. The van der Waals surface area contributed by atoms with Crippen molar-refractivity contribution in [3.63, 3.8) is 0 Å². The lowest BCUT2D eigenvalue weighted by atomic mass is 10.0. The van der Waals surface area contributed by atoms with E-state index in [0.717, 1.165) is 16.6 Å². The van der Waals surface area contributed by atoms with Gasteiger partial charge in [-0.15, -0.1) is 0 Å². The maximum atomic E-state index is 13.1. The summed E-state index contributed by atoms with van der Waals surface area (Å²) in [6.45, 7) is 2.68. The second kappa shape index (κ2) is 7.90. The second-order valence-corrected chi connectivity index (χ2v) is 7.19. The van der Waals surface area contributed by atoms with Crippen LogP contribution in [0.2, 0.25) is 0 Å². The smallest absolute Gasteiger partial charge is 0.250 e. The number of aromatic amines is 1. The van der Waals surface area contributed by atoms with E-state index in [0.29, 0.717) is 50.1 Å². The molecule has 2 aromatic carbocycles. The number of piperazine rings is 1. The molecular formula is C21H22FN5O2. The summed E-state index contributed by atoms with van der Waals surface area (Å²) in [5.74, 6) is -0.698. The number of carbonyl (C=O) groups excluding carboxylic acids is 2. The first kappa shape index (κ1) is 18.9. The fraction of sp³-hybridized carbons (Fsp3) is 0.286. The Bertz CT molecular complexity index is 1040. The third kappa shape index (κ3) is 4.06. The van der Waals surface area contributed by atoms with E-state index < -0.39 is 5.91 Å². The standard InChI is InChI=1S/C21H22FN5O2/c22-16-2-4-17(5-3-16)26-7-9-27(10-8-26)19(28)6-1-14-11-15-13-24-25-20(15)18(12-14)21(23)29/h2-5,11-13H,1,6-10H2,(H2,23,29)(H,24,25). The van der Waals surface area contributed by atoms with Crippen LogP contribution in [0, 0.1) is 5.82 Å². The third-order valence-corrected chi connectivity index (χ3v) is 5.33. The molecule has 3 N–H and O–H groups in total. The Labute approximate surface area is 167 Å². The lowest BCUT2D eigenvalue weighted by Crippen LogP contribution is -2.48. The molecule has 0 radical (unpaired) electrons. The fourth-order valence-electron chi connectivity index (χ4n) is 3.73. The summed E-state index contributed by atoms with van der Waals surface area (Å²) < 4.78 is 13.1. The van der Waals surface area contributed by atoms with Gasteiger partial charge in [0.05, 0.1) is 17.3 Å². The maximum Gasteiger partial charge on any atom is 0.250 e. The zero-order valence-corrected chi connectivity index (χ0v) is 15.9. The first-order valence-corrected chi connectivity index (χ1v) is 9.55. The third-order valence-electron chi connectivity index (χ3n) is 5.33. The van der Waals surface area contributed by atoms with Crippen LogP contribution in [0.15, 0.2) is 42.6 Å².